The molecule has 0 aliphatic carbocycles. The minimum atomic E-state index is -1.68. The number of aliphatic hydroxyl groups is 1. The number of amides is 1. The third-order valence-corrected chi connectivity index (χ3v) is 42.7. The zero-order chi connectivity index (χ0) is 46.2. The van der Waals surface area contributed by atoms with Crippen molar-refractivity contribution in [1.82, 2.24) is 20.6 Å². The summed E-state index contributed by atoms with van der Waals surface area (Å²) in [5.41, 5.74) is 8.14. The summed E-state index contributed by atoms with van der Waals surface area (Å²) >= 11 is 20.9. The molecule has 6 aromatic rings. The van der Waals surface area contributed by atoms with E-state index in [1.807, 2.05) is 89.2 Å². The number of thiocarbonyl (C=S) groups is 1. The molecule has 5 heterocycles. The molecule has 66 heavy (non-hydrogen) atoms. The van der Waals surface area contributed by atoms with Gasteiger partial charge in [0, 0.05) is 107 Å². The highest BCUT2D eigenvalue weighted by atomic mass is 33.7. The average Bonchev–Trinajstić information content (AvgIpc) is 4.20. The number of methoxy groups -OCH3 is 1. The van der Waals surface area contributed by atoms with Crippen LogP contribution in [0.5, 0.6) is 5.75 Å². The summed E-state index contributed by atoms with van der Waals surface area (Å²) in [5.74, 6) is 0.967. The number of hydrogen-bond donors (Lipinski definition) is 5. The number of carbonyl (C=O) groups excluding carboxylic acids is 1. The number of para-hydroxylation sites is 2. The van der Waals surface area contributed by atoms with Crippen molar-refractivity contribution >= 4 is 122 Å². The van der Waals surface area contributed by atoms with Gasteiger partial charge in [0.1, 0.15) is 5.75 Å². The number of rotatable bonds is 18. The number of nitrogens with zero attached hydrogens (tertiary/aromatic N) is 2. The van der Waals surface area contributed by atoms with Crippen molar-refractivity contribution in [3.8, 4) is 5.75 Å². The molecule has 0 unspecified atom stereocenters. The Morgan fingerprint density at radius 1 is 0.697 bits per heavy atom. The normalized spacial score (nSPS) is 18.1. The van der Waals surface area contributed by atoms with Gasteiger partial charge in [-0.3, -0.25) is 14.8 Å². The average molecular weight is 1010 g/mol. The van der Waals surface area contributed by atoms with Gasteiger partial charge in [-0.2, -0.15) is 0 Å². The van der Waals surface area contributed by atoms with Crippen LogP contribution in [0.3, 0.4) is 0 Å². The first-order chi connectivity index (χ1) is 32.1. The molecule has 2 aromatic heterocycles. The smallest absolute Gasteiger partial charge is 0.220 e. The molecular formula is C50H56N6O3P2S5. The molecule has 1 fully saturated rings. The van der Waals surface area contributed by atoms with Crippen LogP contribution in [0.15, 0.2) is 143 Å². The summed E-state index contributed by atoms with van der Waals surface area (Å²) in [6, 6.07) is 32.6. The van der Waals surface area contributed by atoms with Crippen LogP contribution in [-0.2, 0) is 47.9 Å². The Morgan fingerprint density at radius 2 is 1.20 bits per heavy atom. The van der Waals surface area contributed by atoms with Gasteiger partial charge in [-0.05, 0) is 91.6 Å². The monoisotopic (exact) mass is 1010 g/mol. The second-order valence-corrected chi connectivity index (χ2v) is 37.6. The molecule has 9 nitrogen and oxygen atoms in total. The molecule has 0 atom stereocenters. The number of benzene rings is 4. The minimum Gasteiger partial charge on any atom is -0.497 e. The third-order valence-electron chi connectivity index (χ3n) is 11.1. The number of hydrogen-bond acceptors (Lipinski definition) is 10. The Labute approximate surface area is 411 Å². The Bertz CT molecular complexity index is 2610. The van der Waals surface area contributed by atoms with Crippen LogP contribution in [-0.4, -0.2) is 58.6 Å². The van der Waals surface area contributed by atoms with Gasteiger partial charge in [0.05, 0.1) is 27.6 Å². The quantitative estimate of drug-likeness (QED) is 0.0325. The highest BCUT2D eigenvalue weighted by molar-refractivity contribution is 9.48. The molecule has 344 valence electrons. The number of carbonyl (C=O) groups is 1. The zero-order valence-corrected chi connectivity index (χ0v) is 42.9. The molecule has 3 aliphatic rings. The van der Waals surface area contributed by atoms with Crippen LogP contribution < -0.4 is 26.0 Å². The summed E-state index contributed by atoms with van der Waals surface area (Å²) in [6.07, 6.45) is 21.4. The van der Waals surface area contributed by atoms with Gasteiger partial charge in [0.15, 0.2) is 0 Å². The number of nitrogens with one attached hydrogen (secondary N) is 4. The fraction of sp³-hybridized carbons (Fsp3) is 0.280. The molecule has 0 spiro atoms. The molecule has 1 saturated heterocycles. The van der Waals surface area contributed by atoms with E-state index in [0.29, 0.717) is 6.42 Å². The molecule has 0 radical (unpaired) electrons. The standard InChI is InChI=1S/C18H21N3O.C18H21N3S.C14H14O2P2S4/c2*22-18(20-12-4-6-15-5-3-11-19-15)10-9-14-13-21-17-8-2-1-7-16(14)17;1-16-12-4-8-14(9-5-12)18(20)21-17(19,22-18)13-6-2-11(10-15)3-7-13/h2*1-2,5,7-8,11,13,21H,3-4,6,9-10,12H2,(H,20,22);2-9,15H,10H2,1H3. The SMILES string of the molecule is COc1ccc(P2(=S)SP(=S)(c3ccc(CO)cc3)S2)cc1.O=C(CCc1c[nH]c2ccccc12)NCCCC1=CCC=N1.S=C(CCc1c[nH]c2ccccc12)NCCCC1=CCC=N1. The van der Waals surface area contributed by atoms with Crippen LogP contribution in [0.1, 0.15) is 68.1 Å². The number of aliphatic hydroxyl groups excluding tert-OH is 1. The molecule has 4 aromatic carbocycles. The molecule has 3 aliphatic heterocycles. The lowest BCUT2D eigenvalue weighted by Crippen LogP contribution is -2.24. The van der Waals surface area contributed by atoms with Crippen LogP contribution in [0.2, 0.25) is 0 Å². The first-order valence-corrected chi connectivity index (χ1v) is 32.3. The van der Waals surface area contributed by atoms with Crippen molar-refractivity contribution < 1.29 is 14.6 Å². The summed E-state index contributed by atoms with van der Waals surface area (Å²) in [7, 11) is 1.66. The summed E-state index contributed by atoms with van der Waals surface area (Å²) in [4.78, 5) is 28.0. The maximum Gasteiger partial charge on any atom is 0.220 e. The van der Waals surface area contributed by atoms with Crippen LogP contribution in [0.4, 0.5) is 0 Å². The Kier molecular flexibility index (Phi) is 18.7. The second-order valence-electron chi connectivity index (χ2n) is 15.8. The molecule has 16 heteroatoms. The Hall–Kier alpha value is -4.10. The van der Waals surface area contributed by atoms with E-state index in [1.54, 1.807) is 7.11 Å². The summed E-state index contributed by atoms with van der Waals surface area (Å²) in [5, 5.41) is 20.4. The van der Waals surface area contributed by atoms with Gasteiger partial charge in [0.25, 0.3) is 0 Å². The largest absolute Gasteiger partial charge is 0.497 e. The third kappa shape index (κ3) is 14.0. The van der Waals surface area contributed by atoms with E-state index in [1.165, 1.54) is 43.7 Å². The Balaban J connectivity index is 0.000000147. The van der Waals surface area contributed by atoms with E-state index in [9.17, 15) is 4.79 Å². The molecule has 5 N–H and O–H groups in total. The van der Waals surface area contributed by atoms with Crippen molar-refractivity contribution in [2.24, 2.45) is 9.98 Å². The summed E-state index contributed by atoms with van der Waals surface area (Å²) in [6.45, 7) is 1.71. The van der Waals surface area contributed by atoms with Gasteiger partial charge in [-0.1, -0.05) is 131 Å². The van der Waals surface area contributed by atoms with Crippen LogP contribution in [0.25, 0.3) is 21.8 Å². The van der Waals surface area contributed by atoms with E-state index in [2.05, 4.69) is 97.5 Å². The van der Waals surface area contributed by atoms with E-state index < -0.39 is 8.88 Å². The maximum atomic E-state index is 11.9. The van der Waals surface area contributed by atoms with Gasteiger partial charge in [0.2, 0.25) is 5.91 Å². The molecular weight excluding hydrogens is 955 g/mol. The highest BCUT2D eigenvalue weighted by Gasteiger charge is 2.45. The lowest BCUT2D eigenvalue weighted by atomic mass is 10.1. The minimum absolute atomic E-state index is 0.0628. The molecule has 9 rings (SSSR count). The number of allylic oxidation sites excluding steroid dienone is 4. The Morgan fingerprint density at radius 3 is 1.70 bits per heavy atom. The molecule has 0 saturated carbocycles. The fourth-order valence-corrected chi connectivity index (χ4v) is 50.0. The van der Waals surface area contributed by atoms with E-state index in [4.69, 9.17) is 45.7 Å². The van der Waals surface area contributed by atoms with Crippen molar-refractivity contribution in [2.75, 3.05) is 20.2 Å². The molecule has 1 amide bonds. The number of aliphatic imine (C=N–C) groups is 2. The number of fused-ring (bicyclic) bond motifs is 2. The van der Waals surface area contributed by atoms with Crippen molar-refractivity contribution in [2.45, 2.75) is 70.8 Å². The zero-order valence-electron chi connectivity index (χ0n) is 37.0. The lowest BCUT2D eigenvalue weighted by molar-refractivity contribution is -0.121. The van der Waals surface area contributed by atoms with Gasteiger partial charge in [-0.25, -0.2) is 0 Å². The van der Waals surface area contributed by atoms with E-state index in [-0.39, 0.29) is 12.5 Å². The van der Waals surface area contributed by atoms with Crippen molar-refractivity contribution in [1.29, 1.82) is 0 Å². The first kappa shape index (κ1) is 49.8. The maximum absolute atomic E-state index is 11.9. The van der Waals surface area contributed by atoms with Gasteiger partial charge in [-0.15, -0.1) is 0 Å². The number of ether oxygens (including phenoxy) is 1. The van der Waals surface area contributed by atoms with Crippen LogP contribution >= 0.6 is 43.1 Å². The van der Waals surface area contributed by atoms with E-state index >= 15 is 0 Å². The topological polar surface area (TPSA) is 127 Å². The number of aromatic amines is 2. The molecule has 0 bridgehead atoms. The number of aryl methyl sites for hydroxylation is 2. The van der Waals surface area contributed by atoms with Gasteiger partial charge >= 0.3 is 0 Å². The second kappa shape index (κ2) is 24.8. The summed E-state index contributed by atoms with van der Waals surface area (Å²) < 4.78 is 1.84. The van der Waals surface area contributed by atoms with E-state index in [0.717, 1.165) is 98.4 Å². The predicted molar refractivity (Wildman–Crippen MR) is 296 cm³/mol. The first-order valence-electron chi connectivity index (χ1n) is 22.2. The number of H-pyrrole nitrogens is 2. The van der Waals surface area contributed by atoms with Crippen molar-refractivity contribution in [3.63, 3.8) is 0 Å². The predicted octanol–water partition coefficient (Wildman–Crippen LogP) is 11.7. The lowest BCUT2D eigenvalue weighted by Gasteiger charge is -2.40. The van der Waals surface area contributed by atoms with Crippen molar-refractivity contribution in [3.05, 3.63) is 150 Å². The fourth-order valence-electron chi connectivity index (χ4n) is 7.53. The van der Waals surface area contributed by atoms with Gasteiger partial charge < -0.3 is 30.4 Å². The van der Waals surface area contributed by atoms with Crippen LogP contribution in [0, 0.1) is 0 Å². The number of aromatic nitrogens is 2. The highest BCUT2D eigenvalue weighted by Crippen LogP contribution is 3.04.